The zero-order valence-electron chi connectivity index (χ0n) is 7.26. The summed E-state index contributed by atoms with van der Waals surface area (Å²) in [5.41, 5.74) is 6.09. The number of hydrogen-bond acceptors (Lipinski definition) is 2. The Kier molecular flexibility index (Phi) is 1.62. The summed E-state index contributed by atoms with van der Waals surface area (Å²) >= 11 is 6.18. The van der Waals surface area contributed by atoms with E-state index in [9.17, 15) is 0 Å². The van der Waals surface area contributed by atoms with Gasteiger partial charge in [-0.2, -0.15) is 0 Å². The smallest absolute Gasteiger partial charge is 0.0527 e. The third-order valence-electron chi connectivity index (χ3n) is 2.93. The number of fused-ring (bicyclic) bond motifs is 3. The van der Waals surface area contributed by atoms with Crippen molar-refractivity contribution in [2.24, 2.45) is 0 Å². The number of nitrogens with zero attached hydrogens (tertiary/aromatic N) is 1. The first-order valence-corrected chi connectivity index (χ1v) is 5.01. The summed E-state index contributed by atoms with van der Waals surface area (Å²) < 4.78 is 0. The lowest BCUT2D eigenvalue weighted by atomic mass is 10.0. The summed E-state index contributed by atoms with van der Waals surface area (Å²) in [4.78, 5) is 0. The molecule has 1 atom stereocenters. The third kappa shape index (κ3) is 1.03. The molecule has 0 aliphatic carbocycles. The van der Waals surface area contributed by atoms with Gasteiger partial charge in [-0.05, 0) is 23.6 Å². The van der Waals surface area contributed by atoms with E-state index >= 15 is 0 Å². The highest BCUT2D eigenvalue weighted by molar-refractivity contribution is 6.31. The Hall–Kier alpha value is -0.570. The highest BCUT2D eigenvalue weighted by atomic mass is 35.5. The fourth-order valence-corrected chi connectivity index (χ4v) is 2.67. The van der Waals surface area contributed by atoms with E-state index in [0.717, 1.165) is 18.1 Å². The van der Waals surface area contributed by atoms with E-state index in [1.807, 2.05) is 12.1 Å². The summed E-state index contributed by atoms with van der Waals surface area (Å²) in [5, 5.41) is 3.21. The molecule has 1 N–H and O–H groups in total. The third-order valence-corrected chi connectivity index (χ3v) is 3.26. The second-order valence-electron chi connectivity index (χ2n) is 3.65. The van der Waals surface area contributed by atoms with Crippen LogP contribution >= 0.6 is 11.6 Å². The van der Waals surface area contributed by atoms with Gasteiger partial charge in [0.2, 0.25) is 0 Å². The molecule has 1 unspecified atom stereocenters. The van der Waals surface area contributed by atoms with E-state index in [-0.39, 0.29) is 0 Å². The molecule has 0 spiro atoms. The second-order valence-corrected chi connectivity index (χ2v) is 4.06. The lowest BCUT2D eigenvalue weighted by Gasteiger charge is -2.14. The number of hydrazine groups is 1. The van der Waals surface area contributed by atoms with Crippen molar-refractivity contribution in [2.45, 2.75) is 19.0 Å². The first-order valence-electron chi connectivity index (χ1n) is 4.64. The normalized spacial score (nSPS) is 26.1. The molecule has 0 aromatic heterocycles. The van der Waals surface area contributed by atoms with Crippen LogP contribution in [0.2, 0.25) is 5.02 Å². The summed E-state index contributed by atoms with van der Waals surface area (Å²) in [6.07, 6.45) is 1.18. The van der Waals surface area contributed by atoms with E-state index in [1.54, 1.807) is 0 Å². The molecule has 68 valence electrons. The minimum absolute atomic E-state index is 0.517. The predicted octanol–water partition coefficient (Wildman–Crippen LogP) is 2.10. The Labute approximate surface area is 82.5 Å². The van der Waals surface area contributed by atoms with Gasteiger partial charge in [0.15, 0.2) is 0 Å². The minimum atomic E-state index is 0.517. The fourth-order valence-electron chi connectivity index (χ4n) is 2.35. The fraction of sp³-hybridized carbons (Fsp3) is 0.400. The maximum atomic E-state index is 6.18. The Morgan fingerprint density at radius 1 is 1.46 bits per heavy atom. The summed E-state index contributed by atoms with van der Waals surface area (Å²) in [7, 11) is 0. The van der Waals surface area contributed by atoms with Gasteiger partial charge in [0.1, 0.15) is 0 Å². The van der Waals surface area contributed by atoms with Gasteiger partial charge >= 0.3 is 0 Å². The van der Waals surface area contributed by atoms with Crippen LogP contribution in [0.1, 0.15) is 23.6 Å². The van der Waals surface area contributed by atoms with Crippen molar-refractivity contribution in [1.82, 2.24) is 10.4 Å². The topological polar surface area (TPSA) is 15.3 Å². The molecule has 2 aliphatic rings. The summed E-state index contributed by atoms with van der Waals surface area (Å²) in [5.74, 6) is 0. The molecule has 0 saturated carbocycles. The largest absolute Gasteiger partial charge is 0.254 e. The average molecular weight is 195 g/mol. The number of hydrogen-bond donors (Lipinski definition) is 1. The Balaban J connectivity index is 2.14. The highest BCUT2D eigenvalue weighted by Gasteiger charge is 2.34. The molecule has 2 heterocycles. The lowest BCUT2D eigenvalue weighted by molar-refractivity contribution is 0.204. The van der Waals surface area contributed by atoms with Crippen molar-refractivity contribution >= 4 is 11.6 Å². The molecular weight excluding hydrogens is 184 g/mol. The zero-order valence-corrected chi connectivity index (χ0v) is 8.01. The van der Waals surface area contributed by atoms with E-state index in [1.165, 1.54) is 17.5 Å². The monoisotopic (exact) mass is 194 g/mol. The van der Waals surface area contributed by atoms with Crippen molar-refractivity contribution < 1.29 is 0 Å². The van der Waals surface area contributed by atoms with Gasteiger partial charge in [-0.25, -0.2) is 5.01 Å². The molecule has 3 rings (SSSR count). The van der Waals surface area contributed by atoms with Gasteiger partial charge in [-0.15, -0.1) is 0 Å². The molecule has 2 nitrogen and oxygen atoms in total. The Morgan fingerprint density at radius 2 is 2.38 bits per heavy atom. The predicted molar refractivity (Wildman–Crippen MR) is 52.4 cm³/mol. The van der Waals surface area contributed by atoms with E-state index in [0.29, 0.717) is 6.04 Å². The second kappa shape index (κ2) is 2.71. The van der Waals surface area contributed by atoms with Crippen molar-refractivity contribution in [3.63, 3.8) is 0 Å². The number of rotatable bonds is 0. The van der Waals surface area contributed by atoms with Crippen LogP contribution in [0.3, 0.4) is 0 Å². The molecule has 1 aromatic carbocycles. The van der Waals surface area contributed by atoms with Crippen molar-refractivity contribution in [3.05, 3.63) is 34.3 Å². The van der Waals surface area contributed by atoms with Gasteiger partial charge in [-0.3, -0.25) is 5.43 Å². The maximum absolute atomic E-state index is 6.18. The summed E-state index contributed by atoms with van der Waals surface area (Å²) in [6, 6.07) is 6.70. The van der Waals surface area contributed by atoms with Crippen LogP contribution in [0.5, 0.6) is 0 Å². The molecule has 2 aliphatic heterocycles. The van der Waals surface area contributed by atoms with Gasteiger partial charge in [0, 0.05) is 18.1 Å². The molecular formula is C10H11ClN2. The van der Waals surface area contributed by atoms with Gasteiger partial charge < -0.3 is 0 Å². The van der Waals surface area contributed by atoms with Crippen LogP contribution < -0.4 is 5.43 Å². The SMILES string of the molecule is Clc1cccc2c1C1CCNN1C2. The minimum Gasteiger partial charge on any atom is -0.254 e. The van der Waals surface area contributed by atoms with Crippen molar-refractivity contribution in [3.8, 4) is 0 Å². The number of halogens is 1. The Morgan fingerprint density at radius 3 is 3.31 bits per heavy atom. The van der Waals surface area contributed by atoms with E-state index < -0.39 is 0 Å². The van der Waals surface area contributed by atoms with Gasteiger partial charge in [-0.1, -0.05) is 23.7 Å². The molecule has 3 heteroatoms. The van der Waals surface area contributed by atoms with Crippen LogP contribution in [-0.2, 0) is 6.54 Å². The molecule has 0 amide bonds. The number of nitrogens with one attached hydrogen (secondary N) is 1. The molecule has 1 saturated heterocycles. The highest BCUT2D eigenvalue weighted by Crippen LogP contribution is 2.40. The van der Waals surface area contributed by atoms with E-state index in [2.05, 4.69) is 16.5 Å². The van der Waals surface area contributed by atoms with Crippen LogP contribution in [0.15, 0.2) is 18.2 Å². The lowest BCUT2D eigenvalue weighted by Crippen LogP contribution is -2.27. The van der Waals surface area contributed by atoms with Gasteiger partial charge in [0.25, 0.3) is 0 Å². The molecule has 0 radical (unpaired) electrons. The van der Waals surface area contributed by atoms with Gasteiger partial charge in [0.05, 0.1) is 6.04 Å². The first-order chi connectivity index (χ1) is 6.36. The molecule has 0 bridgehead atoms. The average Bonchev–Trinajstić information content (AvgIpc) is 2.62. The zero-order chi connectivity index (χ0) is 8.84. The molecule has 13 heavy (non-hydrogen) atoms. The first kappa shape index (κ1) is 7.80. The van der Waals surface area contributed by atoms with E-state index in [4.69, 9.17) is 11.6 Å². The van der Waals surface area contributed by atoms with Crippen molar-refractivity contribution in [1.29, 1.82) is 0 Å². The summed E-state index contributed by atoms with van der Waals surface area (Å²) in [6.45, 7) is 2.08. The number of benzene rings is 1. The molecule has 1 aromatic rings. The van der Waals surface area contributed by atoms with Crippen LogP contribution in [0.25, 0.3) is 0 Å². The standard InChI is InChI=1S/C10H11ClN2/c11-8-3-1-2-7-6-13-9(10(7)8)4-5-12-13/h1-3,9,12H,4-6H2. The molecule has 1 fully saturated rings. The quantitative estimate of drug-likeness (QED) is 0.681. The van der Waals surface area contributed by atoms with Crippen molar-refractivity contribution in [2.75, 3.05) is 6.54 Å². The van der Waals surface area contributed by atoms with Crippen LogP contribution in [0, 0.1) is 0 Å². The van der Waals surface area contributed by atoms with Crippen LogP contribution in [-0.4, -0.2) is 11.6 Å². The Bertz CT molecular complexity index is 351. The maximum Gasteiger partial charge on any atom is 0.0527 e. The van der Waals surface area contributed by atoms with Crippen LogP contribution in [0.4, 0.5) is 0 Å².